The van der Waals surface area contributed by atoms with E-state index in [-0.39, 0.29) is 5.82 Å². The van der Waals surface area contributed by atoms with E-state index in [1.165, 1.54) is 25.0 Å². The van der Waals surface area contributed by atoms with Crippen molar-refractivity contribution < 1.29 is 12.8 Å². The number of thiazole rings is 1. The molecule has 27 heavy (non-hydrogen) atoms. The molecule has 0 saturated heterocycles. The highest BCUT2D eigenvalue weighted by atomic mass is 32.2. The summed E-state index contributed by atoms with van der Waals surface area (Å²) >= 11 is 1.63. The lowest BCUT2D eigenvalue weighted by molar-refractivity contribution is 0.503. The fraction of sp³-hybridized carbons (Fsp3) is 0.500. The minimum absolute atomic E-state index is 0.232. The number of hydrogen-bond acceptors (Lipinski definition) is 5. The van der Waals surface area contributed by atoms with Crippen LogP contribution in [0.3, 0.4) is 0 Å². The number of hydrogen-bond donors (Lipinski definition) is 2. The molecule has 2 aromatic rings. The summed E-state index contributed by atoms with van der Waals surface area (Å²) in [6.45, 7) is 1.12. The van der Waals surface area contributed by atoms with Gasteiger partial charge in [0.2, 0.25) is 0 Å². The summed E-state index contributed by atoms with van der Waals surface area (Å²) in [6, 6.07) is 4.96. The summed E-state index contributed by atoms with van der Waals surface area (Å²) in [5.41, 5.74) is 2.96. The molecule has 1 aromatic heterocycles. The molecule has 0 saturated carbocycles. The molecule has 0 spiro atoms. The van der Waals surface area contributed by atoms with Crippen molar-refractivity contribution in [2.24, 2.45) is 0 Å². The Bertz CT molecular complexity index is 897. The third kappa shape index (κ3) is 5.04. The smallest absolute Gasteiger partial charge is 0.278 e. The molecule has 1 aromatic carbocycles. The number of fused-ring (bicyclic) bond motifs is 3. The molecule has 2 N–H and O–H groups in total. The lowest BCUT2D eigenvalue weighted by atomic mass is 10.0. The third-order valence-electron chi connectivity index (χ3n) is 4.52. The maximum Gasteiger partial charge on any atom is 0.278 e. The van der Waals surface area contributed by atoms with E-state index in [0.717, 1.165) is 58.4 Å². The van der Waals surface area contributed by atoms with Crippen molar-refractivity contribution in [3.05, 3.63) is 34.5 Å². The highest BCUT2D eigenvalue weighted by Crippen LogP contribution is 2.37. The van der Waals surface area contributed by atoms with Gasteiger partial charge in [-0.3, -0.25) is 0 Å². The monoisotopic (exact) mass is 412 g/mol. The molecule has 6 nitrogen and oxygen atoms in total. The van der Waals surface area contributed by atoms with Crippen molar-refractivity contribution >= 4 is 26.7 Å². The van der Waals surface area contributed by atoms with Crippen molar-refractivity contribution in [2.45, 2.75) is 32.1 Å². The highest BCUT2D eigenvalue weighted by Gasteiger charge is 2.19. The molecule has 148 valence electrons. The van der Waals surface area contributed by atoms with Crippen LogP contribution >= 0.6 is 11.3 Å². The van der Waals surface area contributed by atoms with Crippen molar-refractivity contribution in [2.75, 3.05) is 32.5 Å². The molecule has 1 aliphatic rings. The Hall–Kier alpha value is -1.55. The van der Waals surface area contributed by atoms with E-state index in [4.69, 9.17) is 4.98 Å². The van der Waals surface area contributed by atoms with Crippen LogP contribution in [0.4, 0.5) is 9.52 Å². The molecule has 1 heterocycles. The number of rotatable bonds is 8. The van der Waals surface area contributed by atoms with Gasteiger partial charge in [0.15, 0.2) is 5.13 Å². The SMILES string of the molecule is CN(C)S(=O)(=O)NCCCCNc1nc2c(s1)CCCc1ccc(F)cc1-2. The molecule has 0 atom stereocenters. The fourth-order valence-corrected chi connectivity index (χ4v) is 4.71. The molecule has 9 heteroatoms. The van der Waals surface area contributed by atoms with Crippen LogP contribution in [0.15, 0.2) is 18.2 Å². The van der Waals surface area contributed by atoms with Gasteiger partial charge in [0.05, 0.1) is 5.69 Å². The Labute approximate surface area is 164 Å². The van der Waals surface area contributed by atoms with Crippen LogP contribution in [-0.4, -0.2) is 44.9 Å². The molecular formula is C18H25FN4O2S2. The molecular weight excluding hydrogens is 387 g/mol. The highest BCUT2D eigenvalue weighted by molar-refractivity contribution is 7.87. The first-order valence-corrected chi connectivity index (χ1v) is 11.3. The maximum absolute atomic E-state index is 13.7. The Balaban J connectivity index is 1.54. The second-order valence-corrected chi connectivity index (χ2v) is 9.81. The van der Waals surface area contributed by atoms with Crippen LogP contribution in [0.25, 0.3) is 11.3 Å². The van der Waals surface area contributed by atoms with Crippen LogP contribution in [0.5, 0.6) is 0 Å². The number of aromatic nitrogens is 1. The summed E-state index contributed by atoms with van der Waals surface area (Å²) in [6.07, 6.45) is 4.51. The lowest BCUT2D eigenvalue weighted by Crippen LogP contribution is -2.36. The van der Waals surface area contributed by atoms with Gasteiger partial charge in [0.25, 0.3) is 10.2 Å². The summed E-state index contributed by atoms with van der Waals surface area (Å²) in [5.74, 6) is -0.232. The molecule has 0 unspecified atom stereocenters. The first kappa shape index (κ1) is 20.2. The quantitative estimate of drug-likeness (QED) is 0.654. The first-order chi connectivity index (χ1) is 12.9. The molecule has 1 aliphatic carbocycles. The van der Waals surface area contributed by atoms with E-state index in [0.29, 0.717) is 13.1 Å². The molecule has 0 radical (unpaired) electrons. The number of benzene rings is 1. The molecule has 0 bridgehead atoms. The third-order valence-corrected chi connectivity index (χ3v) is 7.12. The Morgan fingerprint density at radius 1 is 1.22 bits per heavy atom. The van der Waals surface area contributed by atoms with E-state index >= 15 is 0 Å². The molecule has 0 fully saturated rings. The van der Waals surface area contributed by atoms with Crippen molar-refractivity contribution in [3.8, 4) is 11.3 Å². The normalized spacial score (nSPS) is 13.9. The number of anilines is 1. The largest absolute Gasteiger partial charge is 0.361 e. The van der Waals surface area contributed by atoms with Crippen LogP contribution in [-0.2, 0) is 23.1 Å². The van der Waals surface area contributed by atoms with E-state index in [1.807, 2.05) is 6.07 Å². The lowest BCUT2D eigenvalue weighted by Gasteiger charge is -2.12. The van der Waals surface area contributed by atoms with Crippen LogP contribution in [0.2, 0.25) is 0 Å². The van der Waals surface area contributed by atoms with Gasteiger partial charge in [-0.25, -0.2) is 14.1 Å². The Kier molecular flexibility index (Phi) is 6.46. The average molecular weight is 413 g/mol. The molecule has 3 rings (SSSR count). The molecule has 0 aliphatic heterocycles. The Morgan fingerprint density at radius 3 is 2.78 bits per heavy atom. The van der Waals surface area contributed by atoms with E-state index in [1.54, 1.807) is 17.4 Å². The van der Waals surface area contributed by atoms with E-state index < -0.39 is 10.2 Å². The number of halogens is 1. The first-order valence-electron chi connectivity index (χ1n) is 9.06. The van der Waals surface area contributed by atoms with Gasteiger partial charge < -0.3 is 5.32 Å². The maximum atomic E-state index is 13.7. The zero-order valence-corrected chi connectivity index (χ0v) is 17.2. The summed E-state index contributed by atoms with van der Waals surface area (Å²) in [4.78, 5) is 5.89. The fourth-order valence-electron chi connectivity index (χ4n) is 3.01. The topological polar surface area (TPSA) is 74.3 Å². The van der Waals surface area contributed by atoms with E-state index in [2.05, 4.69) is 10.0 Å². The predicted molar refractivity (Wildman–Crippen MR) is 108 cm³/mol. The van der Waals surface area contributed by atoms with Crippen LogP contribution in [0, 0.1) is 5.82 Å². The van der Waals surface area contributed by atoms with Crippen LogP contribution < -0.4 is 10.0 Å². The number of nitrogens with one attached hydrogen (secondary N) is 2. The summed E-state index contributed by atoms with van der Waals surface area (Å²) < 4.78 is 40.6. The van der Waals surface area contributed by atoms with Gasteiger partial charge in [-0.1, -0.05) is 6.07 Å². The standard InChI is InChI=1S/C18H25FN4O2S2/c1-23(2)27(24,25)21-11-4-3-10-20-18-22-17-15-12-14(19)9-8-13(15)6-5-7-16(17)26-18/h8-9,12,21H,3-7,10-11H2,1-2H3,(H,20,22). The van der Waals surface area contributed by atoms with Crippen molar-refractivity contribution in [3.63, 3.8) is 0 Å². The van der Waals surface area contributed by atoms with Gasteiger partial charge in [-0.05, 0) is 49.8 Å². The van der Waals surface area contributed by atoms with Gasteiger partial charge in [-0.2, -0.15) is 12.7 Å². The molecule has 0 amide bonds. The summed E-state index contributed by atoms with van der Waals surface area (Å²) in [7, 11) is -0.352. The Morgan fingerprint density at radius 2 is 2.00 bits per heavy atom. The second kappa shape index (κ2) is 8.64. The van der Waals surface area contributed by atoms with E-state index in [9.17, 15) is 12.8 Å². The van der Waals surface area contributed by atoms with Crippen LogP contribution in [0.1, 0.15) is 29.7 Å². The zero-order chi connectivity index (χ0) is 19.4. The second-order valence-electron chi connectivity index (χ2n) is 6.76. The number of nitrogens with zero attached hydrogens (tertiary/aromatic N) is 2. The number of unbranched alkanes of at least 4 members (excludes halogenated alkanes) is 1. The predicted octanol–water partition coefficient (Wildman–Crippen LogP) is 3.03. The van der Waals surface area contributed by atoms with Gasteiger partial charge in [-0.15, -0.1) is 11.3 Å². The number of aryl methyl sites for hydroxylation is 2. The van der Waals surface area contributed by atoms with Gasteiger partial charge >= 0.3 is 0 Å². The summed E-state index contributed by atoms with van der Waals surface area (Å²) in [5, 5.41) is 4.15. The minimum atomic E-state index is -3.35. The van der Waals surface area contributed by atoms with Crippen molar-refractivity contribution in [1.29, 1.82) is 0 Å². The minimum Gasteiger partial charge on any atom is -0.361 e. The van der Waals surface area contributed by atoms with Gasteiger partial charge in [0, 0.05) is 37.6 Å². The average Bonchev–Trinajstić information content (AvgIpc) is 2.94. The van der Waals surface area contributed by atoms with Gasteiger partial charge in [0.1, 0.15) is 5.82 Å². The zero-order valence-electron chi connectivity index (χ0n) is 15.6. The van der Waals surface area contributed by atoms with Crippen molar-refractivity contribution in [1.82, 2.24) is 14.0 Å².